The van der Waals surface area contributed by atoms with Crippen molar-refractivity contribution in [2.45, 2.75) is 0 Å². The molecule has 7 heteroatoms. The molecule has 3 aromatic rings. The molecule has 0 fully saturated rings. The third-order valence-electron chi connectivity index (χ3n) is 2.66. The number of aromatic nitrogens is 3. The number of fused-ring (bicyclic) bond motifs is 1. The standard InChI is InChI=1S/C12H7BrN4O2/c13-10-11(8-4-2-1-3-5-8)15-16-7-9(17(18)19)6-14-12(10)16/h1-7H. The lowest BCUT2D eigenvalue weighted by atomic mass is 10.2. The molecule has 0 unspecified atom stereocenters. The molecule has 0 spiro atoms. The molecule has 2 aromatic heterocycles. The molecule has 0 bridgehead atoms. The second-order valence-corrected chi connectivity index (χ2v) is 4.66. The van der Waals surface area contributed by atoms with Crippen LogP contribution in [0.25, 0.3) is 16.9 Å². The van der Waals surface area contributed by atoms with Crippen molar-refractivity contribution < 1.29 is 4.92 Å². The molecule has 0 saturated heterocycles. The predicted molar refractivity (Wildman–Crippen MR) is 72.8 cm³/mol. The minimum Gasteiger partial charge on any atom is -0.258 e. The monoisotopic (exact) mass is 318 g/mol. The van der Waals surface area contributed by atoms with Gasteiger partial charge in [0.05, 0.1) is 9.40 Å². The number of rotatable bonds is 2. The van der Waals surface area contributed by atoms with Crippen LogP contribution in [0, 0.1) is 10.1 Å². The lowest BCUT2D eigenvalue weighted by Crippen LogP contribution is -1.95. The Morgan fingerprint density at radius 1 is 1.26 bits per heavy atom. The molecule has 0 radical (unpaired) electrons. The molecule has 0 aliphatic heterocycles. The molecule has 0 aliphatic rings. The number of nitrogens with zero attached hydrogens (tertiary/aromatic N) is 4. The lowest BCUT2D eigenvalue weighted by Gasteiger charge is -1.94. The minimum absolute atomic E-state index is 0.0953. The lowest BCUT2D eigenvalue weighted by molar-refractivity contribution is -0.385. The van der Waals surface area contributed by atoms with Crippen LogP contribution in [0.2, 0.25) is 0 Å². The Morgan fingerprint density at radius 2 is 2.00 bits per heavy atom. The Hall–Kier alpha value is -2.28. The Balaban J connectivity index is 2.23. The van der Waals surface area contributed by atoms with Gasteiger partial charge in [-0.2, -0.15) is 5.10 Å². The summed E-state index contributed by atoms with van der Waals surface area (Å²) in [5, 5.41) is 15.0. The van der Waals surface area contributed by atoms with E-state index in [1.54, 1.807) is 0 Å². The summed E-state index contributed by atoms with van der Waals surface area (Å²) in [7, 11) is 0. The summed E-state index contributed by atoms with van der Waals surface area (Å²) < 4.78 is 2.12. The molecule has 0 amide bonds. The molecule has 0 N–H and O–H groups in total. The zero-order valence-electron chi connectivity index (χ0n) is 9.52. The maximum Gasteiger partial charge on any atom is 0.305 e. The summed E-state index contributed by atoms with van der Waals surface area (Å²) in [5.41, 5.74) is 2.07. The minimum atomic E-state index is -0.496. The van der Waals surface area contributed by atoms with Gasteiger partial charge in [-0.3, -0.25) is 10.1 Å². The highest BCUT2D eigenvalue weighted by Crippen LogP contribution is 2.30. The topological polar surface area (TPSA) is 73.3 Å². The van der Waals surface area contributed by atoms with E-state index in [4.69, 9.17) is 0 Å². The second-order valence-electron chi connectivity index (χ2n) is 3.87. The molecular formula is C12H7BrN4O2. The molecule has 6 nitrogen and oxygen atoms in total. The quantitative estimate of drug-likeness (QED) is 0.537. The van der Waals surface area contributed by atoms with Crippen molar-refractivity contribution in [3.05, 3.63) is 57.3 Å². The largest absolute Gasteiger partial charge is 0.305 e. The molecule has 0 atom stereocenters. The van der Waals surface area contributed by atoms with Crippen molar-refractivity contribution >= 4 is 27.3 Å². The molecule has 3 rings (SSSR count). The first kappa shape index (κ1) is 11.8. The first-order valence-corrected chi connectivity index (χ1v) is 6.20. The van der Waals surface area contributed by atoms with Crippen LogP contribution in [0.15, 0.2) is 47.2 Å². The van der Waals surface area contributed by atoms with Gasteiger partial charge in [0, 0.05) is 5.56 Å². The summed E-state index contributed by atoms with van der Waals surface area (Å²) in [4.78, 5) is 14.3. The van der Waals surface area contributed by atoms with Crippen LogP contribution >= 0.6 is 15.9 Å². The van der Waals surface area contributed by atoms with Crippen LogP contribution in [-0.4, -0.2) is 19.5 Å². The van der Waals surface area contributed by atoms with Crippen LogP contribution in [0.3, 0.4) is 0 Å². The van der Waals surface area contributed by atoms with Gasteiger partial charge >= 0.3 is 5.69 Å². The molecular weight excluding hydrogens is 312 g/mol. The maximum absolute atomic E-state index is 10.7. The fourth-order valence-corrected chi connectivity index (χ4v) is 2.36. The van der Waals surface area contributed by atoms with Gasteiger partial charge in [-0.05, 0) is 15.9 Å². The number of hydrogen-bond donors (Lipinski definition) is 0. The predicted octanol–water partition coefficient (Wildman–Crippen LogP) is 3.07. The fourth-order valence-electron chi connectivity index (χ4n) is 1.77. The Morgan fingerprint density at radius 3 is 2.68 bits per heavy atom. The van der Waals surface area contributed by atoms with Gasteiger partial charge in [-0.15, -0.1) is 0 Å². The van der Waals surface area contributed by atoms with Crippen molar-refractivity contribution in [3.8, 4) is 11.3 Å². The first-order valence-electron chi connectivity index (χ1n) is 5.40. The average Bonchev–Trinajstić information content (AvgIpc) is 2.76. The first-order chi connectivity index (χ1) is 9.16. The second kappa shape index (κ2) is 4.43. The van der Waals surface area contributed by atoms with Crippen molar-refractivity contribution in [2.75, 3.05) is 0 Å². The maximum atomic E-state index is 10.7. The zero-order chi connectivity index (χ0) is 13.4. The van der Waals surface area contributed by atoms with Crippen molar-refractivity contribution in [3.63, 3.8) is 0 Å². The summed E-state index contributed by atoms with van der Waals surface area (Å²) >= 11 is 3.43. The number of nitro groups is 1. The van der Waals surface area contributed by atoms with Gasteiger partial charge in [-0.25, -0.2) is 9.50 Å². The van der Waals surface area contributed by atoms with E-state index in [1.807, 2.05) is 30.3 Å². The van der Waals surface area contributed by atoms with Gasteiger partial charge in [0.25, 0.3) is 0 Å². The van der Waals surface area contributed by atoms with E-state index in [0.717, 1.165) is 5.56 Å². The van der Waals surface area contributed by atoms with E-state index in [2.05, 4.69) is 26.0 Å². The number of benzene rings is 1. The third kappa shape index (κ3) is 1.97. The van der Waals surface area contributed by atoms with Crippen molar-refractivity contribution in [1.82, 2.24) is 14.6 Å². The zero-order valence-corrected chi connectivity index (χ0v) is 11.1. The van der Waals surface area contributed by atoms with Crippen LogP contribution < -0.4 is 0 Å². The molecule has 94 valence electrons. The fraction of sp³-hybridized carbons (Fsp3) is 0. The smallest absolute Gasteiger partial charge is 0.258 e. The summed E-state index contributed by atoms with van der Waals surface area (Å²) in [6.07, 6.45) is 2.57. The Bertz CT molecular complexity index is 770. The third-order valence-corrected chi connectivity index (χ3v) is 3.39. The highest BCUT2D eigenvalue weighted by molar-refractivity contribution is 9.10. The molecule has 2 heterocycles. The number of halogens is 1. The number of hydrogen-bond acceptors (Lipinski definition) is 4. The van der Waals surface area contributed by atoms with E-state index in [-0.39, 0.29) is 5.69 Å². The summed E-state index contributed by atoms with van der Waals surface area (Å²) in [6, 6.07) is 9.56. The van der Waals surface area contributed by atoms with E-state index in [9.17, 15) is 10.1 Å². The van der Waals surface area contributed by atoms with Crippen LogP contribution in [-0.2, 0) is 0 Å². The van der Waals surface area contributed by atoms with Crippen LogP contribution in [0.5, 0.6) is 0 Å². The van der Waals surface area contributed by atoms with Gasteiger partial charge in [0.2, 0.25) is 0 Å². The molecule has 19 heavy (non-hydrogen) atoms. The average molecular weight is 319 g/mol. The van der Waals surface area contributed by atoms with Gasteiger partial charge in [0.1, 0.15) is 18.1 Å². The van der Waals surface area contributed by atoms with Crippen molar-refractivity contribution in [1.29, 1.82) is 0 Å². The van der Waals surface area contributed by atoms with Gasteiger partial charge < -0.3 is 0 Å². The highest BCUT2D eigenvalue weighted by atomic mass is 79.9. The Labute approximate surface area is 116 Å². The van der Waals surface area contributed by atoms with Crippen LogP contribution in [0.4, 0.5) is 5.69 Å². The molecule has 1 aromatic carbocycles. The SMILES string of the molecule is O=[N+]([O-])c1cnc2c(Br)c(-c3ccccc3)nn2c1. The summed E-state index contributed by atoms with van der Waals surface area (Å²) in [5.74, 6) is 0. The van der Waals surface area contributed by atoms with Crippen LogP contribution in [0.1, 0.15) is 0 Å². The highest BCUT2D eigenvalue weighted by Gasteiger charge is 2.16. The van der Waals surface area contributed by atoms with Gasteiger partial charge in [-0.1, -0.05) is 30.3 Å². The van der Waals surface area contributed by atoms with E-state index < -0.39 is 4.92 Å². The van der Waals surface area contributed by atoms with Crippen molar-refractivity contribution in [2.24, 2.45) is 0 Å². The molecule has 0 aliphatic carbocycles. The summed E-state index contributed by atoms with van der Waals surface area (Å²) in [6.45, 7) is 0. The Kier molecular flexibility index (Phi) is 2.75. The normalized spacial score (nSPS) is 10.8. The van der Waals surface area contributed by atoms with E-state index in [1.165, 1.54) is 16.9 Å². The van der Waals surface area contributed by atoms with E-state index in [0.29, 0.717) is 15.8 Å². The van der Waals surface area contributed by atoms with E-state index >= 15 is 0 Å². The molecule has 0 saturated carbocycles. The van der Waals surface area contributed by atoms with Gasteiger partial charge in [0.15, 0.2) is 5.65 Å².